The van der Waals surface area contributed by atoms with Crippen LogP contribution in [0.15, 0.2) is 181 Å². The predicted molar refractivity (Wildman–Crippen MR) is 235 cm³/mol. The van der Waals surface area contributed by atoms with Gasteiger partial charge in [-0.25, -0.2) is 0 Å². The molecule has 0 fully saturated rings. The Morgan fingerprint density at radius 3 is 1.72 bits per heavy atom. The van der Waals surface area contributed by atoms with Crippen LogP contribution in [0, 0.1) is 0 Å². The van der Waals surface area contributed by atoms with Crippen molar-refractivity contribution in [2.45, 2.75) is 109 Å². The van der Waals surface area contributed by atoms with Crippen LogP contribution in [0.4, 0.5) is 0 Å². The number of nitrogens with two attached hydrogens (primary N) is 1. The first-order chi connectivity index (χ1) is 24.4. The Bertz CT molecular complexity index is 1330. The molecule has 1 aromatic carbocycles. The van der Waals surface area contributed by atoms with E-state index in [9.17, 15) is 0 Å². The highest BCUT2D eigenvalue weighted by Gasteiger charge is 2.09. The number of nitrogens with one attached hydrogen (secondary N) is 1. The summed E-state index contributed by atoms with van der Waals surface area (Å²) in [7, 11) is 0. The van der Waals surface area contributed by atoms with Crippen molar-refractivity contribution in [3.05, 3.63) is 187 Å². The highest BCUT2D eigenvalue weighted by atomic mass is 14.9. The van der Waals surface area contributed by atoms with E-state index in [1.54, 1.807) is 12.2 Å². The van der Waals surface area contributed by atoms with Crippen molar-refractivity contribution < 1.29 is 0 Å². The van der Waals surface area contributed by atoms with Gasteiger partial charge in [-0.15, -0.1) is 0 Å². The summed E-state index contributed by atoms with van der Waals surface area (Å²) in [5.74, 6) is 0. The summed E-state index contributed by atoms with van der Waals surface area (Å²) in [5.41, 5.74) is 14.7. The van der Waals surface area contributed by atoms with Crippen LogP contribution in [0.3, 0.4) is 0 Å². The minimum Gasteiger partial charge on any atom is -0.399 e. The molecular formula is C48H74N2. The number of hydrogen-bond acceptors (Lipinski definition) is 2. The van der Waals surface area contributed by atoms with Gasteiger partial charge in [0.05, 0.1) is 0 Å². The monoisotopic (exact) mass is 679 g/mol. The fourth-order valence-corrected chi connectivity index (χ4v) is 4.00. The highest BCUT2D eigenvalue weighted by Crippen LogP contribution is 2.27. The van der Waals surface area contributed by atoms with Gasteiger partial charge >= 0.3 is 0 Å². The first kappa shape index (κ1) is 52.3. The molecule has 0 heterocycles. The third kappa shape index (κ3) is 23.7. The summed E-state index contributed by atoms with van der Waals surface area (Å²) in [6.07, 6.45) is 32.8. The molecule has 3 rings (SSSR count). The molecule has 276 valence electrons. The van der Waals surface area contributed by atoms with Crippen molar-refractivity contribution in [3.63, 3.8) is 0 Å². The first-order valence-corrected chi connectivity index (χ1v) is 18.8. The van der Waals surface area contributed by atoms with Crippen molar-refractivity contribution in [1.29, 1.82) is 0 Å². The summed E-state index contributed by atoms with van der Waals surface area (Å²) in [6.45, 7) is 40.0. The minimum absolute atomic E-state index is 0.697. The second-order valence-electron chi connectivity index (χ2n) is 9.35. The lowest BCUT2D eigenvalue weighted by molar-refractivity contribution is 0.951. The van der Waals surface area contributed by atoms with Gasteiger partial charge in [-0.05, 0) is 104 Å². The van der Waals surface area contributed by atoms with Crippen LogP contribution in [0.1, 0.15) is 114 Å². The van der Waals surface area contributed by atoms with E-state index < -0.39 is 0 Å². The molecule has 2 heteroatoms. The molecule has 50 heavy (non-hydrogen) atoms. The Kier molecular flexibility index (Phi) is 40.6. The van der Waals surface area contributed by atoms with E-state index in [-0.39, 0.29) is 0 Å². The molecule has 0 bridgehead atoms. The fourth-order valence-electron chi connectivity index (χ4n) is 4.00. The van der Waals surface area contributed by atoms with Gasteiger partial charge in [-0.3, -0.25) is 0 Å². The SMILES string of the molecule is C=C/C(N)=C\C=C/C.C=C/C(NC1=CCCC=C1)=C(\C=C(/C)C(=C)/C=C(\C=C)C1=CCCC=C1)c1ccccc1.CC.CC.CC.CC.CC. The normalized spacial score (nSPS) is 13.6. The summed E-state index contributed by atoms with van der Waals surface area (Å²) in [4.78, 5) is 0. The van der Waals surface area contributed by atoms with E-state index in [0.717, 1.165) is 64.9 Å². The Hall–Kier alpha value is -4.56. The molecule has 3 N–H and O–H groups in total. The third-order valence-corrected chi connectivity index (χ3v) is 6.32. The van der Waals surface area contributed by atoms with E-state index >= 15 is 0 Å². The van der Waals surface area contributed by atoms with Gasteiger partial charge in [0.25, 0.3) is 0 Å². The Morgan fingerprint density at radius 1 is 0.720 bits per heavy atom. The smallest absolute Gasteiger partial charge is 0.0457 e. The van der Waals surface area contributed by atoms with Crippen LogP contribution in [-0.2, 0) is 0 Å². The summed E-state index contributed by atoms with van der Waals surface area (Å²) in [5, 5.41) is 3.56. The second-order valence-corrected chi connectivity index (χ2v) is 9.35. The Morgan fingerprint density at radius 2 is 1.28 bits per heavy atom. The molecule has 0 saturated carbocycles. The molecule has 0 aromatic heterocycles. The maximum atomic E-state index is 5.35. The molecule has 2 nitrogen and oxygen atoms in total. The van der Waals surface area contributed by atoms with Gasteiger partial charge in [-0.1, -0.05) is 174 Å². The summed E-state index contributed by atoms with van der Waals surface area (Å²) in [6, 6.07) is 10.4. The van der Waals surface area contributed by atoms with Crippen molar-refractivity contribution in [1.82, 2.24) is 5.32 Å². The topological polar surface area (TPSA) is 38.0 Å². The molecule has 0 aliphatic heterocycles. The fraction of sp³-hybridized carbons (Fsp3) is 0.333. The van der Waals surface area contributed by atoms with Gasteiger partial charge < -0.3 is 11.1 Å². The number of benzene rings is 1. The van der Waals surface area contributed by atoms with Crippen LogP contribution in [0.2, 0.25) is 0 Å². The average Bonchev–Trinajstić information content (AvgIpc) is 3.22. The van der Waals surface area contributed by atoms with Gasteiger partial charge in [-0.2, -0.15) is 0 Å². The van der Waals surface area contributed by atoms with Gasteiger partial charge in [0.2, 0.25) is 0 Å². The van der Waals surface area contributed by atoms with Crippen LogP contribution in [0.25, 0.3) is 5.57 Å². The molecule has 0 saturated heterocycles. The average molecular weight is 679 g/mol. The van der Waals surface area contributed by atoms with Crippen LogP contribution in [-0.4, -0.2) is 0 Å². The highest BCUT2D eigenvalue weighted by molar-refractivity contribution is 5.80. The maximum Gasteiger partial charge on any atom is 0.0457 e. The molecule has 0 spiro atoms. The summed E-state index contributed by atoms with van der Waals surface area (Å²) >= 11 is 0. The minimum atomic E-state index is 0.697. The number of rotatable bonds is 11. The van der Waals surface area contributed by atoms with Crippen molar-refractivity contribution in [2.75, 3.05) is 0 Å². The number of allylic oxidation sites excluding steroid dienone is 19. The van der Waals surface area contributed by atoms with Crippen LogP contribution < -0.4 is 11.1 Å². The number of hydrogen-bond donors (Lipinski definition) is 2. The molecule has 0 radical (unpaired) electrons. The zero-order valence-corrected chi connectivity index (χ0v) is 34.2. The van der Waals surface area contributed by atoms with Gasteiger partial charge in [0, 0.05) is 22.7 Å². The quantitative estimate of drug-likeness (QED) is 0.229. The molecule has 0 amide bonds. The van der Waals surface area contributed by atoms with Crippen LogP contribution in [0.5, 0.6) is 0 Å². The maximum absolute atomic E-state index is 5.35. The van der Waals surface area contributed by atoms with Gasteiger partial charge in [0.1, 0.15) is 0 Å². The largest absolute Gasteiger partial charge is 0.399 e. The Balaban J connectivity index is -0.000000497. The molecule has 0 atom stereocenters. The third-order valence-electron chi connectivity index (χ3n) is 6.32. The van der Waals surface area contributed by atoms with E-state index in [0.29, 0.717) is 5.70 Å². The lowest BCUT2D eigenvalue weighted by Gasteiger charge is -2.16. The van der Waals surface area contributed by atoms with E-state index in [1.807, 2.05) is 107 Å². The van der Waals surface area contributed by atoms with E-state index in [1.165, 1.54) is 5.57 Å². The molecular weight excluding hydrogens is 605 g/mol. The summed E-state index contributed by atoms with van der Waals surface area (Å²) < 4.78 is 0. The second kappa shape index (κ2) is 38.9. The van der Waals surface area contributed by atoms with Crippen molar-refractivity contribution in [3.8, 4) is 0 Å². The van der Waals surface area contributed by atoms with Crippen molar-refractivity contribution in [2.24, 2.45) is 5.73 Å². The Labute approximate surface area is 311 Å². The first-order valence-electron chi connectivity index (χ1n) is 18.8. The lowest BCUT2D eigenvalue weighted by Crippen LogP contribution is -2.12. The van der Waals surface area contributed by atoms with Crippen molar-refractivity contribution >= 4 is 5.57 Å². The molecule has 0 unspecified atom stereocenters. The zero-order chi connectivity index (χ0) is 39.2. The molecule has 2 aliphatic carbocycles. The van der Waals surface area contributed by atoms with E-state index in [2.05, 4.69) is 111 Å². The standard InChI is InChI=1S/C31H33N.C7H11N.5C2H6/c1-5-26(27-16-10-7-11-17-27)22-24(3)25(4)23-30(28-18-12-8-13-19-28)31(6-2)32-29-20-14-9-15-21-29;1-3-5-6-7(8)4-2;5*1-2/h5-6,8,10,12-14,16-23,32H,1-3,7,9,11,15H2,4H3;3-6H,2,8H2,1H3;5*1-2H3/b25-23+,26-22+,31-30-;5-3-,7-6+;;;;;. The zero-order valence-electron chi connectivity index (χ0n) is 34.2. The van der Waals surface area contributed by atoms with E-state index in [4.69, 9.17) is 5.73 Å². The predicted octanol–water partition coefficient (Wildman–Crippen LogP) is 15.0. The van der Waals surface area contributed by atoms with Crippen LogP contribution >= 0.6 is 0 Å². The lowest BCUT2D eigenvalue weighted by atomic mass is 9.94. The van der Waals surface area contributed by atoms with Gasteiger partial charge in [0.15, 0.2) is 0 Å². The molecule has 1 aromatic rings. The molecule has 2 aliphatic rings.